The van der Waals surface area contributed by atoms with Crippen molar-refractivity contribution in [2.75, 3.05) is 10.6 Å². The van der Waals surface area contributed by atoms with Crippen LogP contribution in [0.3, 0.4) is 0 Å². The average molecular weight is 248 g/mol. The highest BCUT2D eigenvalue weighted by Gasteiger charge is 2.29. The van der Waals surface area contributed by atoms with Gasteiger partial charge in [-0.1, -0.05) is 0 Å². The molecule has 1 amide bonds. The summed E-state index contributed by atoms with van der Waals surface area (Å²) in [5.41, 5.74) is 8.17. The van der Waals surface area contributed by atoms with Gasteiger partial charge in [-0.3, -0.25) is 9.59 Å². The second-order valence-electron chi connectivity index (χ2n) is 4.60. The molecule has 1 aliphatic rings. The number of nitrogen functional groups attached to an aromatic ring is 1. The predicted molar refractivity (Wildman–Crippen MR) is 68.4 cm³/mol. The van der Waals surface area contributed by atoms with Gasteiger partial charge in [-0.15, -0.1) is 0 Å². The fourth-order valence-electron chi connectivity index (χ4n) is 2.36. The Labute approximate surface area is 105 Å². The minimum absolute atomic E-state index is 0.0268. The Morgan fingerprint density at radius 2 is 2.22 bits per heavy atom. The van der Waals surface area contributed by atoms with Gasteiger partial charge in [0.1, 0.15) is 0 Å². The van der Waals surface area contributed by atoms with Crippen LogP contribution in [0.5, 0.6) is 0 Å². The standard InChI is InChI=1S/C13H16N2O3/c1-8(6-13(17)18)15-11-4-3-10(14)7-9(11)2-5-12(15)16/h3-4,7-8H,2,5-6,14H2,1H3,(H,17,18). The van der Waals surface area contributed by atoms with Crippen molar-refractivity contribution in [3.63, 3.8) is 0 Å². The van der Waals surface area contributed by atoms with Crippen molar-refractivity contribution in [3.8, 4) is 0 Å². The van der Waals surface area contributed by atoms with Crippen molar-refractivity contribution < 1.29 is 14.7 Å². The van der Waals surface area contributed by atoms with E-state index in [0.717, 1.165) is 11.3 Å². The largest absolute Gasteiger partial charge is 0.481 e. The van der Waals surface area contributed by atoms with Crippen molar-refractivity contribution >= 4 is 23.3 Å². The topological polar surface area (TPSA) is 83.6 Å². The molecular weight excluding hydrogens is 232 g/mol. The molecular formula is C13H16N2O3. The molecule has 18 heavy (non-hydrogen) atoms. The summed E-state index contributed by atoms with van der Waals surface area (Å²) in [6, 6.07) is 5.03. The third-order valence-electron chi connectivity index (χ3n) is 3.15. The summed E-state index contributed by atoms with van der Waals surface area (Å²) in [5.74, 6) is -0.932. The summed E-state index contributed by atoms with van der Waals surface area (Å²) in [6.45, 7) is 1.75. The van der Waals surface area contributed by atoms with Crippen LogP contribution in [-0.4, -0.2) is 23.0 Å². The number of carbonyl (C=O) groups excluding carboxylic acids is 1. The summed E-state index contributed by atoms with van der Waals surface area (Å²) < 4.78 is 0. The van der Waals surface area contributed by atoms with Crippen LogP contribution in [0.1, 0.15) is 25.3 Å². The molecule has 0 radical (unpaired) electrons. The number of aliphatic carboxylic acids is 1. The van der Waals surface area contributed by atoms with E-state index in [1.54, 1.807) is 24.0 Å². The second kappa shape index (κ2) is 4.68. The Kier molecular flexibility index (Phi) is 3.23. The van der Waals surface area contributed by atoms with Gasteiger partial charge in [0.2, 0.25) is 5.91 Å². The first-order chi connectivity index (χ1) is 8.49. The Morgan fingerprint density at radius 3 is 2.89 bits per heavy atom. The molecule has 2 rings (SSSR count). The molecule has 0 saturated heterocycles. The van der Waals surface area contributed by atoms with Crippen LogP contribution in [0.4, 0.5) is 11.4 Å². The van der Waals surface area contributed by atoms with E-state index >= 15 is 0 Å². The summed E-state index contributed by atoms with van der Waals surface area (Å²) >= 11 is 0. The normalized spacial score (nSPS) is 16.3. The zero-order valence-electron chi connectivity index (χ0n) is 10.2. The van der Waals surface area contributed by atoms with Crippen LogP contribution in [0.2, 0.25) is 0 Å². The number of nitrogens with two attached hydrogens (primary N) is 1. The third kappa shape index (κ3) is 2.30. The minimum atomic E-state index is -0.905. The molecule has 1 aromatic carbocycles. The maximum atomic E-state index is 12.0. The Balaban J connectivity index is 2.35. The van der Waals surface area contributed by atoms with Gasteiger partial charge < -0.3 is 15.7 Å². The molecule has 0 aromatic heterocycles. The molecule has 0 spiro atoms. The van der Waals surface area contributed by atoms with Crippen molar-refractivity contribution in [2.45, 2.75) is 32.2 Å². The van der Waals surface area contributed by atoms with Gasteiger partial charge >= 0.3 is 5.97 Å². The van der Waals surface area contributed by atoms with Crippen molar-refractivity contribution in [1.29, 1.82) is 0 Å². The quantitative estimate of drug-likeness (QED) is 0.792. The number of aryl methyl sites for hydroxylation is 1. The van der Waals surface area contributed by atoms with E-state index < -0.39 is 5.97 Å². The highest BCUT2D eigenvalue weighted by molar-refractivity contribution is 5.97. The van der Waals surface area contributed by atoms with Gasteiger partial charge in [0.05, 0.1) is 6.42 Å². The lowest BCUT2D eigenvalue weighted by molar-refractivity contribution is -0.137. The predicted octanol–water partition coefficient (Wildman–Crippen LogP) is 1.41. The first-order valence-corrected chi connectivity index (χ1v) is 5.91. The maximum absolute atomic E-state index is 12.0. The number of carboxylic acids is 1. The fourth-order valence-corrected chi connectivity index (χ4v) is 2.36. The molecule has 1 aromatic rings. The van der Waals surface area contributed by atoms with Crippen LogP contribution >= 0.6 is 0 Å². The molecule has 1 heterocycles. The highest BCUT2D eigenvalue weighted by atomic mass is 16.4. The molecule has 5 nitrogen and oxygen atoms in total. The number of hydrogen-bond acceptors (Lipinski definition) is 3. The molecule has 0 fully saturated rings. The lowest BCUT2D eigenvalue weighted by atomic mass is 9.98. The van der Waals surface area contributed by atoms with E-state index in [4.69, 9.17) is 10.8 Å². The number of carbonyl (C=O) groups is 2. The zero-order valence-corrected chi connectivity index (χ0v) is 10.2. The van der Waals surface area contributed by atoms with Crippen LogP contribution in [0, 0.1) is 0 Å². The number of rotatable bonds is 3. The summed E-state index contributed by atoms with van der Waals surface area (Å²) in [4.78, 5) is 24.3. The molecule has 3 N–H and O–H groups in total. The van der Waals surface area contributed by atoms with Crippen molar-refractivity contribution in [3.05, 3.63) is 23.8 Å². The molecule has 0 bridgehead atoms. The van der Waals surface area contributed by atoms with Crippen molar-refractivity contribution in [1.82, 2.24) is 0 Å². The molecule has 1 aliphatic heterocycles. The first kappa shape index (κ1) is 12.4. The average Bonchev–Trinajstić information content (AvgIpc) is 2.28. The summed E-state index contributed by atoms with van der Waals surface area (Å²) in [7, 11) is 0. The Bertz CT molecular complexity index is 499. The number of benzene rings is 1. The van der Waals surface area contributed by atoms with E-state index in [-0.39, 0.29) is 18.4 Å². The third-order valence-corrected chi connectivity index (χ3v) is 3.15. The zero-order chi connectivity index (χ0) is 13.3. The van der Waals surface area contributed by atoms with E-state index in [1.165, 1.54) is 0 Å². The molecule has 1 atom stereocenters. The summed E-state index contributed by atoms with van der Waals surface area (Å²) in [5, 5.41) is 8.83. The smallest absolute Gasteiger partial charge is 0.305 e. The maximum Gasteiger partial charge on any atom is 0.305 e. The summed E-state index contributed by atoms with van der Waals surface area (Å²) in [6.07, 6.45) is 1.01. The van der Waals surface area contributed by atoms with Gasteiger partial charge in [0, 0.05) is 23.8 Å². The van der Waals surface area contributed by atoms with Gasteiger partial charge in [0.15, 0.2) is 0 Å². The monoisotopic (exact) mass is 248 g/mol. The molecule has 1 unspecified atom stereocenters. The number of fused-ring (bicyclic) bond motifs is 1. The highest BCUT2D eigenvalue weighted by Crippen LogP contribution is 2.31. The molecule has 0 aliphatic carbocycles. The molecule has 96 valence electrons. The van der Waals surface area contributed by atoms with Crippen LogP contribution in [0.15, 0.2) is 18.2 Å². The lowest BCUT2D eigenvalue weighted by Crippen LogP contribution is -2.42. The Morgan fingerprint density at radius 1 is 1.50 bits per heavy atom. The molecule has 5 heteroatoms. The van der Waals surface area contributed by atoms with Gasteiger partial charge in [-0.05, 0) is 37.1 Å². The van der Waals surface area contributed by atoms with E-state index in [0.29, 0.717) is 18.5 Å². The van der Waals surface area contributed by atoms with Gasteiger partial charge in [0.25, 0.3) is 0 Å². The van der Waals surface area contributed by atoms with Crippen LogP contribution < -0.4 is 10.6 Å². The van der Waals surface area contributed by atoms with Crippen molar-refractivity contribution in [2.24, 2.45) is 0 Å². The minimum Gasteiger partial charge on any atom is -0.481 e. The van der Waals surface area contributed by atoms with E-state index in [2.05, 4.69) is 0 Å². The first-order valence-electron chi connectivity index (χ1n) is 5.91. The SMILES string of the molecule is CC(CC(=O)O)N1C(=O)CCc2cc(N)ccc21. The van der Waals surface area contributed by atoms with Gasteiger partial charge in [-0.2, -0.15) is 0 Å². The van der Waals surface area contributed by atoms with Crippen LogP contribution in [-0.2, 0) is 16.0 Å². The fraction of sp³-hybridized carbons (Fsp3) is 0.385. The van der Waals surface area contributed by atoms with E-state index in [9.17, 15) is 9.59 Å². The number of amides is 1. The number of carboxylic acid groups (broad SMARTS) is 1. The van der Waals surface area contributed by atoms with Crippen LogP contribution in [0.25, 0.3) is 0 Å². The van der Waals surface area contributed by atoms with Gasteiger partial charge in [-0.25, -0.2) is 0 Å². The number of hydrogen-bond donors (Lipinski definition) is 2. The Hall–Kier alpha value is -2.04. The molecule has 0 saturated carbocycles. The number of anilines is 2. The second-order valence-corrected chi connectivity index (χ2v) is 4.60. The van der Waals surface area contributed by atoms with E-state index in [1.807, 2.05) is 6.07 Å². The number of nitrogens with zero attached hydrogens (tertiary/aromatic N) is 1. The lowest BCUT2D eigenvalue weighted by Gasteiger charge is -2.34.